The van der Waals surface area contributed by atoms with Crippen molar-refractivity contribution in [2.75, 3.05) is 13.7 Å². The highest BCUT2D eigenvalue weighted by atomic mass is 16.5. The smallest absolute Gasteiger partial charge is 0.122 e. The molecule has 0 spiro atoms. The number of methoxy groups -OCH3 is 1. The molecule has 2 atom stereocenters. The van der Waals surface area contributed by atoms with Gasteiger partial charge in [0, 0.05) is 6.04 Å². The van der Waals surface area contributed by atoms with E-state index in [-0.39, 0.29) is 0 Å². The van der Waals surface area contributed by atoms with Crippen molar-refractivity contribution in [3.63, 3.8) is 0 Å². The molecule has 2 nitrogen and oxygen atoms in total. The zero-order valence-corrected chi connectivity index (χ0v) is 12.0. The number of hydrogen-bond acceptors (Lipinski definition) is 2. The Hall–Kier alpha value is -1.02. The summed E-state index contributed by atoms with van der Waals surface area (Å²) < 4.78 is 5.39. The first-order valence-corrected chi connectivity index (χ1v) is 6.88. The Balaban J connectivity index is 1.81. The molecule has 0 aromatic heterocycles. The van der Waals surface area contributed by atoms with Gasteiger partial charge in [-0.25, -0.2) is 0 Å². The molecule has 1 fully saturated rings. The molecule has 100 valence electrons. The Morgan fingerprint density at radius 3 is 2.67 bits per heavy atom. The molecule has 1 aliphatic rings. The van der Waals surface area contributed by atoms with Crippen LogP contribution in [0.5, 0.6) is 5.75 Å². The van der Waals surface area contributed by atoms with Gasteiger partial charge in [0.2, 0.25) is 0 Å². The van der Waals surface area contributed by atoms with E-state index in [0.717, 1.165) is 24.6 Å². The zero-order chi connectivity index (χ0) is 13.2. The first-order valence-electron chi connectivity index (χ1n) is 6.88. The number of nitrogens with one attached hydrogen (secondary N) is 1. The summed E-state index contributed by atoms with van der Waals surface area (Å²) in [6.45, 7) is 8.10. The molecule has 0 amide bonds. The average molecular weight is 247 g/mol. The molecule has 0 bridgehead atoms. The van der Waals surface area contributed by atoms with Crippen LogP contribution in [-0.2, 0) is 6.42 Å². The number of ether oxygens (including phenoxy) is 1. The molecule has 1 aromatic rings. The van der Waals surface area contributed by atoms with E-state index in [1.807, 2.05) is 12.1 Å². The maximum absolute atomic E-state index is 5.39. The van der Waals surface area contributed by atoms with Crippen LogP contribution in [0, 0.1) is 11.3 Å². The molecule has 0 saturated heterocycles. The summed E-state index contributed by atoms with van der Waals surface area (Å²) in [5, 5.41) is 3.64. The summed E-state index contributed by atoms with van der Waals surface area (Å²) in [6, 6.07) is 8.78. The minimum absolute atomic E-state index is 0.498. The van der Waals surface area contributed by atoms with E-state index >= 15 is 0 Å². The van der Waals surface area contributed by atoms with Gasteiger partial charge in [0.25, 0.3) is 0 Å². The fourth-order valence-corrected chi connectivity index (χ4v) is 2.54. The van der Waals surface area contributed by atoms with Crippen LogP contribution >= 0.6 is 0 Å². The van der Waals surface area contributed by atoms with Gasteiger partial charge in [0.1, 0.15) is 5.75 Å². The lowest BCUT2D eigenvalue weighted by Gasteiger charge is -2.16. The van der Waals surface area contributed by atoms with E-state index in [0.29, 0.717) is 11.5 Å². The van der Waals surface area contributed by atoms with Crippen LogP contribution < -0.4 is 10.1 Å². The first-order chi connectivity index (χ1) is 8.53. The second-order valence-electron chi connectivity index (χ2n) is 6.21. The van der Waals surface area contributed by atoms with Crippen molar-refractivity contribution in [1.82, 2.24) is 5.32 Å². The van der Waals surface area contributed by atoms with Gasteiger partial charge in [0.15, 0.2) is 0 Å². The maximum Gasteiger partial charge on any atom is 0.122 e. The Morgan fingerprint density at radius 1 is 1.39 bits per heavy atom. The first kappa shape index (κ1) is 13.4. The fourth-order valence-electron chi connectivity index (χ4n) is 2.54. The third-order valence-electron chi connectivity index (χ3n) is 4.15. The van der Waals surface area contributed by atoms with Crippen molar-refractivity contribution in [3.05, 3.63) is 29.8 Å². The predicted molar refractivity (Wildman–Crippen MR) is 76.1 cm³/mol. The Labute approximate surface area is 111 Å². The predicted octanol–water partition coefficient (Wildman–Crippen LogP) is 3.26. The molecule has 1 saturated carbocycles. The summed E-state index contributed by atoms with van der Waals surface area (Å²) in [4.78, 5) is 0. The highest BCUT2D eigenvalue weighted by Crippen LogP contribution is 2.51. The van der Waals surface area contributed by atoms with Crippen LogP contribution in [0.15, 0.2) is 24.3 Å². The lowest BCUT2D eigenvalue weighted by atomic mass is 10.1. The van der Waals surface area contributed by atoms with Gasteiger partial charge in [-0.2, -0.15) is 0 Å². The lowest BCUT2D eigenvalue weighted by molar-refractivity contribution is 0.404. The SMILES string of the molecule is COc1ccccc1CC(C)NCC1CC1(C)C. The van der Waals surface area contributed by atoms with Gasteiger partial charge >= 0.3 is 0 Å². The normalized spacial score (nSPS) is 22.6. The van der Waals surface area contributed by atoms with E-state index in [1.54, 1.807) is 7.11 Å². The molecular weight excluding hydrogens is 222 g/mol. The molecule has 0 heterocycles. The van der Waals surface area contributed by atoms with Crippen molar-refractivity contribution in [3.8, 4) is 5.75 Å². The number of para-hydroxylation sites is 1. The summed E-state index contributed by atoms with van der Waals surface area (Å²) in [6.07, 6.45) is 2.39. The van der Waals surface area contributed by atoms with Crippen LogP contribution in [0.1, 0.15) is 32.8 Å². The van der Waals surface area contributed by atoms with E-state index in [1.165, 1.54) is 12.0 Å². The molecule has 2 rings (SSSR count). The average Bonchev–Trinajstić information content (AvgIpc) is 2.95. The van der Waals surface area contributed by atoms with Crippen LogP contribution in [-0.4, -0.2) is 19.7 Å². The Kier molecular flexibility index (Phi) is 3.96. The quantitative estimate of drug-likeness (QED) is 0.833. The third-order valence-corrected chi connectivity index (χ3v) is 4.15. The van der Waals surface area contributed by atoms with E-state index in [2.05, 4.69) is 38.2 Å². The largest absolute Gasteiger partial charge is 0.496 e. The number of hydrogen-bond donors (Lipinski definition) is 1. The zero-order valence-electron chi connectivity index (χ0n) is 12.0. The molecule has 2 unspecified atom stereocenters. The molecule has 2 heteroatoms. The topological polar surface area (TPSA) is 21.3 Å². The van der Waals surface area contributed by atoms with E-state index in [9.17, 15) is 0 Å². The van der Waals surface area contributed by atoms with Crippen LogP contribution in [0.4, 0.5) is 0 Å². The van der Waals surface area contributed by atoms with Crippen LogP contribution in [0.3, 0.4) is 0 Å². The van der Waals surface area contributed by atoms with E-state index in [4.69, 9.17) is 4.74 Å². The van der Waals surface area contributed by atoms with Crippen molar-refractivity contribution in [2.24, 2.45) is 11.3 Å². The van der Waals surface area contributed by atoms with Gasteiger partial charge in [-0.1, -0.05) is 32.0 Å². The monoisotopic (exact) mass is 247 g/mol. The van der Waals surface area contributed by atoms with Crippen LogP contribution in [0.2, 0.25) is 0 Å². The van der Waals surface area contributed by atoms with Crippen LogP contribution in [0.25, 0.3) is 0 Å². The molecular formula is C16H25NO. The second kappa shape index (κ2) is 5.31. The minimum Gasteiger partial charge on any atom is -0.496 e. The summed E-state index contributed by atoms with van der Waals surface area (Å²) >= 11 is 0. The highest BCUT2D eigenvalue weighted by Gasteiger charge is 2.44. The number of benzene rings is 1. The van der Waals surface area contributed by atoms with Crippen molar-refractivity contribution < 1.29 is 4.74 Å². The van der Waals surface area contributed by atoms with Gasteiger partial charge in [0.05, 0.1) is 7.11 Å². The van der Waals surface area contributed by atoms with Gasteiger partial charge in [-0.05, 0) is 49.3 Å². The lowest BCUT2D eigenvalue weighted by Crippen LogP contribution is -2.30. The highest BCUT2D eigenvalue weighted by molar-refractivity contribution is 5.33. The van der Waals surface area contributed by atoms with Crippen molar-refractivity contribution >= 4 is 0 Å². The number of rotatable bonds is 6. The molecule has 0 radical (unpaired) electrons. The third kappa shape index (κ3) is 3.26. The molecule has 1 N–H and O–H groups in total. The molecule has 1 aliphatic carbocycles. The Morgan fingerprint density at radius 2 is 2.06 bits per heavy atom. The molecule has 0 aliphatic heterocycles. The fraction of sp³-hybridized carbons (Fsp3) is 0.625. The molecule has 18 heavy (non-hydrogen) atoms. The van der Waals surface area contributed by atoms with Gasteiger partial charge in [-0.3, -0.25) is 0 Å². The summed E-state index contributed by atoms with van der Waals surface area (Å²) in [5.41, 5.74) is 1.85. The van der Waals surface area contributed by atoms with Crippen molar-refractivity contribution in [1.29, 1.82) is 0 Å². The summed E-state index contributed by atoms with van der Waals surface area (Å²) in [7, 11) is 1.74. The standard InChI is InChI=1S/C16H25NO/c1-12(17-11-14-10-16(14,2)3)9-13-7-5-6-8-15(13)18-4/h5-8,12,14,17H,9-11H2,1-4H3. The van der Waals surface area contributed by atoms with Gasteiger partial charge in [-0.15, -0.1) is 0 Å². The van der Waals surface area contributed by atoms with E-state index < -0.39 is 0 Å². The molecule has 1 aromatic carbocycles. The van der Waals surface area contributed by atoms with Gasteiger partial charge < -0.3 is 10.1 Å². The Bertz CT molecular complexity index is 400. The maximum atomic E-state index is 5.39. The minimum atomic E-state index is 0.498. The summed E-state index contributed by atoms with van der Waals surface area (Å²) in [5.74, 6) is 1.86. The van der Waals surface area contributed by atoms with Crippen molar-refractivity contribution in [2.45, 2.75) is 39.7 Å². The second-order valence-corrected chi connectivity index (χ2v) is 6.21.